The fourth-order valence-corrected chi connectivity index (χ4v) is 5.14. The summed E-state index contributed by atoms with van der Waals surface area (Å²) in [7, 11) is 1.24. The van der Waals surface area contributed by atoms with Gasteiger partial charge in [-0.2, -0.15) is 0 Å². The predicted molar refractivity (Wildman–Crippen MR) is 141 cm³/mol. The summed E-state index contributed by atoms with van der Waals surface area (Å²) in [5.41, 5.74) is -1.15. The van der Waals surface area contributed by atoms with Crippen molar-refractivity contribution in [3.8, 4) is 0 Å². The number of hydrogen-bond acceptors (Lipinski definition) is 7. The Kier molecular flexibility index (Phi) is 13.0. The van der Waals surface area contributed by atoms with Gasteiger partial charge in [-0.3, -0.25) is 14.4 Å². The number of amides is 4. The normalized spacial score (nSPS) is 19.4. The van der Waals surface area contributed by atoms with Crippen molar-refractivity contribution in [3.05, 3.63) is 0 Å². The molecule has 3 N–H and O–H groups in total. The molecule has 2 rings (SSSR count). The summed E-state index contributed by atoms with van der Waals surface area (Å²) >= 11 is 0. The zero-order valence-corrected chi connectivity index (χ0v) is 23.4. The SMILES string of the molecule is CCCC[C@H](NC(=O)C1(NC(=O)N2CCOCC2)CCCCC1)C(=O)C(=O)N[C@H](C(=O)OC)[C@@H](C)CCC. The van der Waals surface area contributed by atoms with Crippen LogP contribution in [0, 0.1) is 5.92 Å². The van der Waals surface area contributed by atoms with E-state index in [-0.39, 0.29) is 18.4 Å². The molecule has 0 aromatic carbocycles. The quantitative estimate of drug-likeness (QED) is 0.241. The van der Waals surface area contributed by atoms with Gasteiger partial charge in [0.05, 0.1) is 26.4 Å². The number of ether oxygens (including phenoxy) is 2. The zero-order chi connectivity index (χ0) is 28.1. The maximum atomic E-state index is 13.7. The van der Waals surface area contributed by atoms with Crippen molar-refractivity contribution >= 4 is 29.6 Å². The number of hydrogen-bond donors (Lipinski definition) is 3. The van der Waals surface area contributed by atoms with Crippen LogP contribution in [0.2, 0.25) is 0 Å². The molecule has 0 bridgehead atoms. The molecular weight excluding hydrogens is 492 g/mol. The second kappa shape index (κ2) is 15.7. The van der Waals surface area contributed by atoms with E-state index < -0.39 is 41.2 Å². The van der Waals surface area contributed by atoms with Crippen LogP contribution in [0.15, 0.2) is 0 Å². The van der Waals surface area contributed by atoms with Gasteiger partial charge in [-0.15, -0.1) is 0 Å². The number of rotatable bonds is 13. The minimum absolute atomic E-state index is 0.228. The first kappa shape index (κ1) is 31.5. The lowest BCUT2D eigenvalue weighted by atomic mass is 9.80. The molecule has 216 valence electrons. The van der Waals surface area contributed by atoms with Crippen molar-refractivity contribution in [3.63, 3.8) is 0 Å². The second-order valence-electron chi connectivity index (χ2n) is 10.4. The van der Waals surface area contributed by atoms with E-state index in [4.69, 9.17) is 9.47 Å². The summed E-state index contributed by atoms with van der Waals surface area (Å²) in [6.07, 6.45) is 6.50. The molecule has 1 aliphatic heterocycles. The minimum atomic E-state index is -1.15. The number of carbonyl (C=O) groups is 5. The van der Waals surface area contributed by atoms with Gasteiger partial charge < -0.3 is 30.3 Å². The highest BCUT2D eigenvalue weighted by Gasteiger charge is 2.44. The van der Waals surface area contributed by atoms with E-state index in [1.165, 1.54) is 7.11 Å². The zero-order valence-electron chi connectivity index (χ0n) is 23.4. The van der Waals surface area contributed by atoms with Gasteiger partial charge in [0.15, 0.2) is 0 Å². The Morgan fingerprint density at radius 1 is 0.947 bits per heavy atom. The van der Waals surface area contributed by atoms with Crippen LogP contribution >= 0.6 is 0 Å². The van der Waals surface area contributed by atoms with Crippen LogP contribution in [0.25, 0.3) is 0 Å². The smallest absolute Gasteiger partial charge is 0.328 e. The third-order valence-electron chi connectivity index (χ3n) is 7.53. The first-order chi connectivity index (χ1) is 18.2. The van der Waals surface area contributed by atoms with Crippen molar-refractivity contribution < 1.29 is 33.4 Å². The number of methoxy groups -OCH3 is 1. The highest BCUT2D eigenvalue weighted by atomic mass is 16.5. The van der Waals surface area contributed by atoms with Gasteiger partial charge in [0.25, 0.3) is 5.91 Å². The highest BCUT2D eigenvalue weighted by molar-refractivity contribution is 6.38. The summed E-state index contributed by atoms with van der Waals surface area (Å²) in [6.45, 7) is 7.51. The molecule has 1 saturated carbocycles. The molecule has 1 aliphatic carbocycles. The van der Waals surface area contributed by atoms with Crippen LogP contribution in [0.3, 0.4) is 0 Å². The van der Waals surface area contributed by atoms with Crippen LogP contribution < -0.4 is 16.0 Å². The van der Waals surface area contributed by atoms with Crippen molar-refractivity contribution in [2.45, 2.75) is 103 Å². The fourth-order valence-electron chi connectivity index (χ4n) is 5.14. The van der Waals surface area contributed by atoms with E-state index >= 15 is 0 Å². The van der Waals surface area contributed by atoms with Gasteiger partial charge in [0.1, 0.15) is 11.6 Å². The van der Waals surface area contributed by atoms with Gasteiger partial charge in [0.2, 0.25) is 11.7 Å². The molecule has 2 aliphatic rings. The summed E-state index contributed by atoms with van der Waals surface area (Å²) in [5.74, 6) is -3.04. The topological polar surface area (TPSA) is 143 Å². The third kappa shape index (κ3) is 8.68. The second-order valence-corrected chi connectivity index (χ2v) is 10.4. The van der Waals surface area contributed by atoms with Gasteiger partial charge in [0, 0.05) is 13.1 Å². The minimum Gasteiger partial charge on any atom is -0.467 e. The van der Waals surface area contributed by atoms with E-state index in [0.29, 0.717) is 52.0 Å². The van der Waals surface area contributed by atoms with Gasteiger partial charge >= 0.3 is 12.0 Å². The summed E-state index contributed by atoms with van der Waals surface area (Å²) in [4.78, 5) is 66.9. The Morgan fingerprint density at radius 3 is 2.18 bits per heavy atom. The average molecular weight is 539 g/mol. The van der Waals surface area contributed by atoms with E-state index in [1.807, 2.05) is 20.8 Å². The first-order valence-corrected chi connectivity index (χ1v) is 14.1. The van der Waals surface area contributed by atoms with Crippen LogP contribution in [0.1, 0.15) is 85.0 Å². The molecule has 0 aromatic heterocycles. The molecule has 2 fully saturated rings. The lowest BCUT2D eigenvalue weighted by Gasteiger charge is -2.39. The number of nitrogens with zero attached hydrogens (tertiary/aromatic N) is 1. The van der Waals surface area contributed by atoms with Crippen LogP contribution in [0.5, 0.6) is 0 Å². The molecule has 38 heavy (non-hydrogen) atoms. The maximum absolute atomic E-state index is 13.7. The lowest BCUT2D eigenvalue weighted by molar-refractivity contribution is -0.148. The Hall–Kier alpha value is -2.69. The largest absolute Gasteiger partial charge is 0.467 e. The molecule has 0 unspecified atom stereocenters. The summed E-state index contributed by atoms with van der Waals surface area (Å²) in [6, 6.07) is -2.36. The molecule has 4 amide bonds. The first-order valence-electron chi connectivity index (χ1n) is 14.1. The lowest BCUT2D eigenvalue weighted by Crippen LogP contribution is -2.65. The number of unbranched alkanes of at least 4 members (excludes halogenated alkanes) is 1. The van der Waals surface area contributed by atoms with Gasteiger partial charge in [-0.05, 0) is 31.6 Å². The Bertz CT molecular complexity index is 822. The average Bonchev–Trinajstić information content (AvgIpc) is 2.93. The molecule has 0 spiro atoms. The molecular formula is C27H46N4O7. The van der Waals surface area contributed by atoms with Crippen LogP contribution in [0.4, 0.5) is 4.79 Å². The van der Waals surface area contributed by atoms with Crippen molar-refractivity contribution in [2.75, 3.05) is 33.4 Å². The summed E-state index contributed by atoms with van der Waals surface area (Å²) < 4.78 is 10.2. The Labute approximate surface area is 226 Å². The molecule has 11 heteroatoms. The van der Waals surface area contributed by atoms with Crippen LogP contribution in [-0.4, -0.2) is 85.5 Å². The standard InChI is InChI=1S/C27H46N4O7/c1-5-7-12-20(22(32)23(33)29-21(24(34)37-4)19(3)11-6-2)28-25(35)27(13-9-8-10-14-27)30-26(36)31-15-17-38-18-16-31/h19-21H,5-18H2,1-4H3,(H,28,35)(H,29,33)(H,30,36)/t19-,20-,21-/m0/s1. The number of Topliss-reactive ketones (excluding diaryl/α,β-unsaturated/α-hetero) is 1. The van der Waals surface area contributed by atoms with Crippen molar-refractivity contribution in [2.24, 2.45) is 5.92 Å². The molecule has 1 saturated heterocycles. The highest BCUT2D eigenvalue weighted by Crippen LogP contribution is 2.29. The van der Waals surface area contributed by atoms with E-state index in [1.54, 1.807) is 4.90 Å². The molecule has 1 heterocycles. The predicted octanol–water partition coefficient (Wildman–Crippen LogP) is 2.07. The van der Waals surface area contributed by atoms with Crippen LogP contribution in [-0.2, 0) is 28.7 Å². The third-order valence-corrected chi connectivity index (χ3v) is 7.53. The number of carbonyl (C=O) groups excluding carboxylic acids is 5. The van der Waals surface area contributed by atoms with E-state index in [0.717, 1.165) is 32.1 Å². The number of morpholine rings is 1. The van der Waals surface area contributed by atoms with Gasteiger partial charge in [-0.1, -0.05) is 59.3 Å². The Morgan fingerprint density at radius 2 is 1.61 bits per heavy atom. The Balaban J connectivity index is 2.18. The molecule has 11 nitrogen and oxygen atoms in total. The number of urea groups is 1. The van der Waals surface area contributed by atoms with Gasteiger partial charge in [-0.25, -0.2) is 9.59 Å². The molecule has 0 radical (unpaired) electrons. The van der Waals surface area contributed by atoms with E-state index in [2.05, 4.69) is 16.0 Å². The summed E-state index contributed by atoms with van der Waals surface area (Å²) in [5, 5.41) is 8.30. The van der Waals surface area contributed by atoms with Crippen molar-refractivity contribution in [1.82, 2.24) is 20.9 Å². The fraction of sp³-hybridized carbons (Fsp3) is 0.815. The number of ketones is 1. The van der Waals surface area contributed by atoms with E-state index in [9.17, 15) is 24.0 Å². The number of nitrogens with one attached hydrogen (secondary N) is 3. The monoisotopic (exact) mass is 538 g/mol. The molecule has 3 atom stereocenters. The number of esters is 1. The maximum Gasteiger partial charge on any atom is 0.328 e. The van der Waals surface area contributed by atoms with Crippen molar-refractivity contribution in [1.29, 1.82) is 0 Å². The molecule has 0 aromatic rings.